The molecule has 2 fully saturated rings. The Morgan fingerprint density at radius 2 is 2.00 bits per heavy atom. The molecule has 0 atom stereocenters. The minimum Gasteiger partial charge on any atom is -0.344 e. The molecule has 1 amide bonds. The molecular formula is C17H19N3O. The zero-order chi connectivity index (χ0) is 14.4. The number of likely N-dealkylation sites (tertiary alicyclic amines) is 1. The van der Waals surface area contributed by atoms with E-state index in [4.69, 9.17) is 0 Å². The lowest BCUT2D eigenvalue weighted by Crippen LogP contribution is -2.61. The van der Waals surface area contributed by atoms with E-state index in [1.165, 1.54) is 29.8 Å². The molecule has 2 heterocycles. The van der Waals surface area contributed by atoms with E-state index in [2.05, 4.69) is 47.0 Å². The number of carbonyl (C=O) groups is 1. The summed E-state index contributed by atoms with van der Waals surface area (Å²) < 4.78 is 2.09. The first-order chi connectivity index (χ1) is 10.2. The average molecular weight is 281 g/mol. The summed E-state index contributed by atoms with van der Waals surface area (Å²) in [6.07, 6.45) is 5.21. The monoisotopic (exact) mass is 281 g/mol. The summed E-state index contributed by atoms with van der Waals surface area (Å²) in [5.41, 5.74) is 4.11. The Labute approximate surface area is 124 Å². The van der Waals surface area contributed by atoms with Crippen LogP contribution in [-0.4, -0.2) is 34.2 Å². The van der Waals surface area contributed by atoms with Crippen molar-refractivity contribution in [3.63, 3.8) is 0 Å². The van der Waals surface area contributed by atoms with Crippen molar-refractivity contribution in [1.82, 2.24) is 14.7 Å². The maximum absolute atomic E-state index is 10.7. The molecule has 2 aromatic rings. The Morgan fingerprint density at radius 3 is 2.71 bits per heavy atom. The van der Waals surface area contributed by atoms with Crippen molar-refractivity contribution >= 4 is 6.41 Å². The fourth-order valence-corrected chi connectivity index (χ4v) is 3.97. The molecule has 1 aromatic heterocycles. The van der Waals surface area contributed by atoms with Crippen LogP contribution in [0.4, 0.5) is 0 Å². The highest BCUT2D eigenvalue weighted by Crippen LogP contribution is 2.55. The quantitative estimate of drug-likeness (QED) is 0.811. The van der Waals surface area contributed by atoms with Gasteiger partial charge in [0.1, 0.15) is 0 Å². The summed E-state index contributed by atoms with van der Waals surface area (Å²) in [6, 6.07) is 10.5. The third-order valence-electron chi connectivity index (χ3n) is 5.02. The Morgan fingerprint density at radius 1 is 1.24 bits per heavy atom. The normalized spacial score (nSPS) is 20.1. The van der Waals surface area contributed by atoms with Crippen LogP contribution in [0.3, 0.4) is 0 Å². The highest BCUT2D eigenvalue weighted by molar-refractivity contribution is 5.50. The minimum atomic E-state index is 0.395. The SMILES string of the molecule is Cc1ccccc1-n1nccc1C1CC2(C1)CN(C=O)C2. The number of rotatable bonds is 3. The molecule has 1 aromatic carbocycles. The van der Waals surface area contributed by atoms with E-state index in [-0.39, 0.29) is 0 Å². The standard InChI is InChI=1S/C17H19N3O/c1-13-4-2-3-5-15(13)20-16(6-7-18-20)14-8-17(9-14)10-19(11-17)12-21/h2-7,12,14H,8-11H2,1H3. The highest BCUT2D eigenvalue weighted by atomic mass is 16.1. The topological polar surface area (TPSA) is 38.1 Å². The van der Waals surface area contributed by atoms with Crippen molar-refractivity contribution in [1.29, 1.82) is 0 Å². The second kappa shape index (κ2) is 4.45. The van der Waals surface area contributed by atoms with Crippen LogP contribution in [0.2, 0.25) is 0 Å². The number of aryl methyl sites for hydroxylation is 1. The van der Waals surface area contributed by atoms with Gasteiger partial charge in [0.2, 0.25) is 6.41 Å². The maximum atomic E-state index is 10.7. The number of para-hydroxylation sites is 1. The van der Waals surface area contributed by atoms with Gasteiger partial charge in [-0.05, 0) is 37.5 Å². The van der Waals surface area contributed by atoms with Crippen LogP contribution < -0.4 is 0 Å². The van der Waals surface area contributed by atoms with Crippen molar-refractivity contribution < 1.29 is 4.79 Å². The number of carbonyl (C=O) groups excluding carboxylic acids is 1. The van der Waals surface area contributed by atoms with Gasteiger partial charge in [0.25, 0.3) is 0 Å². The van der Waals surface area contributed by atoms with Crippen LogP contribution in [-0.2, 0) is 4.79 Å². The largest absolute Gasteiger partial charge is 0.344 e. The van der Waals surface area contributed by atoms with E-state index in [1.807, 2.05) is 11.1 Å². The molecule has 21 heavy (non-hydrogen) atoms. The van der Waals surface area contributed by atoms with Crippen LogP contribution in [0.5, 0.6) is 0 Å². The highest BCUT2D eigenvalue weighted by Gasteiger charge is 2.53. The fraction of sp³-hybridized carbons (Fsp3) is 0.412. The predicted molar refractivity (Wildman–Crippen MR) is 80.3 cm³/mol. The zero-order valence-corrected chi connectivity index (χ0v) is 12.2. The van der Waals surface area contributed by atoms with Gasteiger partial charge in [-0.1, -0.05) is 18.2 Å². The van der Waals surface area contributed by atoms with Gasteiger partial charge in [0, 0.05) is 36.3 Å². The van der Waals surface area contributed by atoms with Crippen molar-refractivity contribution in [2.75, 3.05) is 13.1 Å². The molecule has 0 N–H and O–H groups in total. The first kappa shape index (κ1) is 12.6. The fourth-order valence-electron chi connectivity index (χ4n) is 3.97. The number of benzene rings is 1. The summed E-state index contributed by atoms with van der Waals surface area (Å²) in [4.78, 5) is 12.6. The third-order valence-corrected chi connectivity index (χ3v) is 5.02. The lowest BCUT2D eigenvalue weighted by atomic mass is 9.57. The van der Waals surface area contributed by atoms with Crippen LogP contribution in [0.15, 0.2) is 36.5 Å². The molecule has 1 spiro atoms. The van der Waals surface area contributed by atoms with Crippen molar-refractivity contribution in [2.45, 2.75) is 25.7 Å². The predicted octanol–water partition coefficient (Wildman–Crippen LogP) is 2.52. The molecule has 1 saturated carbocycles. The Kier molecular flexibility index (Phi) is 2.67. The molecule has 0 radical (unpaired) electrons. The van der Waals surface area contributed by atoms with E-state index in [0.29, 0.717) is 11.3 Å². The lowest BCUT2D eigenvalue weighted by Gasteiger charge is -2.58. The van der Waals surface area contributed by atoms with Gasteiger partial charge >= 0.3 is 0 Å². The van der Waals surface area contributed by atoms with Crippen LogP contribution in [0, 0.1) is 12.3 Å². The number of nitrogens with zero attached hydrogens (tertiary/aromatic N) is 3. The first-order valence-corrected chi connectivity index (χ1v) is 7.50. The summed E-state index contributed by atoms with van der Waals surface area (Å²) >= 11 is 0. The van der Waals surface area contributed by atoms with Gasteiger partial charge in [0.15, 0.2) is 0 Å². The van der Waals surface area contributed by atoms with Gasteiger partial charge in [-0.15, -0.1) is 0 Å². The second-order valence-electron chi connectivity index (χ2n) is 6.57. The van der Waals surface area contributed by atoms with Crippen LogP contribution in [0.25, 0.3) is 5.69 Å². The average Bonchev–Trinajstić information content (AvgIpc) is 2.85. The first-order valence-electron chi connectivity index (χ1n) is 7.50. The molecule has 4 nitrogen and oxygen atoms in total. The molecule has 4 heteroatoms. The van der Waals surface area contributed by atoms with Crippen LogP contribution in [0.1, 0.15) is 30.0 Å². The molecule has 4 rings (SSSR count). The second-order valence-corrected chi connectivity index (χ2v) is 6.57. The number of aromatic nitrogens is 2. The van der Waals surface area contributed by atoms with Gasteiger partial charge in [-0.2, -0.15) is 5.10 Å². The van der Waals surface area contributed by atoms with Gasteiger partial charge in [-0.25, -0.2) is 4.68 Å². The molecule has 1 saturated heterocycles. The van der Waals surface area contributed by atoms with E-state index >= 15 is 0 Å². The number of hydrogen-bond donors (Lipinski definition) is 0. The van der Waals surface area contributed by atoms with E-state index in [1.54, 1.807) is 0 Å². The Balaban J connectivity index is 1.55. The van der Waals surface area contributed by atoms with E-state index < -0.39 is 0 Å². The molecule has 1 aliphatic heterocycles. The minimum absolute atomic E-state index is 0.395. The maximum Gasteiger partial charge on any atom is 0.209 e. The van der Waals surface area contributed by atoms with E-state index in [9.17, 15) is 4.79 Å². The summed E-state index contributed by atoms with van der Waals surface area (Å²) in [6.45, 7) is 3.99. The summed E-state index contributed by atoms with van der Waals surface area (Å²) in [5, 5.41) is 4.52. The molecule has 1 aliphatic carbocycles. The summed E-state index contributed by atoms with van der Waals surface area (Å²) in [7, 11) is 0. The van der Waals surface area contributed by atoms with Gasteiger partial charge in [0.05, 0.1) is 5.69 Å². The summed E-state index contributed by atoms with van der Waals surface area (Å²) in [5.74, 6) is 0.570. The number of hydrogen-bond acceptors (Lipinski definition) is 2. The van der Waals surface area contributed by atoms with Crippen LogP contribution >= 0.6 is 0 Å². The number of amides is 1. The molecular weight excluding hydrogens is 262 g/mol. The molecule has 0 bridgehead atoms. The molecule has 108 valence electrons. The Hall–Kier alpha value is -2.10. The van der Waals surface area contributed by atoms with Crippen molar-refractivity contribution in [3.8, 4) is 5.69 Å². The zero-order valence-electron chi connectivity index (χ0n) is 12.2. The van der Waals surface area contributed by atoms with Gasteiger partial charge < -0.3 is 4.90 Å². The van der Waals surface area contributed by atoms with Gasteiger partial charge in [-0.3, -0.25) is 4.79 Å². The van der Waals surface area contributed by atoms with Crippen molar-refractivity contribution in [2.24, 2.45) is 5.41 Å². The molecule has 0 unspecified atom stereocenters. The third kappa shape index (κ3) is 1.89. The van der Waals surface area contributed by atoms with Crippen molar-refractivity contribution in [3.05, 3.63) is 47.8 Å². The smallest absolute Gasteiger partial charge is 0.209 e. The van der Waals surface area contributed by atoms with E-state index in [0.717, 1.165) is 19.5 Å². The lowest BCUT2D eigenvalue weighted by molar-refractivity contribution is -0.137. The Bertz CT molecular complexity index is 677. The molecule has 2 aliphatic rings.